The number of amides is 1. The van der Waals surface area contributed by atoms with Crippen LogP contribution in [0.5, 0.6) is 0 Å². The van der Waals surface area contributed by atoms with Crippen LogP contribution >= 0.6 is 0 Å². The molecule has 0 saturated heterocycles. The van der Waals surface area contributed by atoms with E-state index in [9.17, 15) is 4.79 Å². The number of carbonyl (C=O) groups excluding carboxylic acids is 1. The zero-order valence-electron chi connectivity index (χ0n) is 12.2. The highest BCUT2D eigenvalue weighted by Gasteiger charge is 2.20. The zero-order valence-corrected chi connectivity index (χ0v) is 12.2. The molecule has 19 heavy (non-hydrogen) atoms. The van der Waals surface area contributed by atoms with Gasteiger partial charge in [0.25, 0.3) is 0 Å². The molecule has 0 heterocycles. The number of hydrogen-bond acceptors (Lipinski definition) is 2. The second kappa shape index (κ2) is 6.94. The quantitative estimate of drug-likeness (QED) is 0.808. The minimum atomic E-state index is -0.556. The third kappa shape index (κ3) is 3.57. The number of nitrogens with zero attached hydrogens (tertiary/aromatic N) is 2. The van der Waals surface area contributed by atoms with Gasteiger partial charge < -0.3 is 4.90 Å². The average molecular weight is 258 g/mol. The lowest BCUT2D eigenvalue weighted by Gasteiger charge is -2.20. The molecule has 1 aromatic carbocycles. The number of rotatable bonds is 5. The van der Waals surface area contributed by atoms with Crippen LogP contribution in [-0.2, 0) is 4.79 Å². The van der Waals surface area contributed by atoms with E-state index in [2.05, 4.69) is 26.0 Å². The van der Waals surface area contributed by atoms with Crippen molar-refractivity contribution in [3.8, 4) is 6.07 Å². The first kappa shape index (κ1) is 15.2. The molecular weight excluding hydrogens is 236 g/mol. The third-order valence-electron chi connectivity index (χ3n) is 3.65. The Morgan fingerprint density at radius 2 is 1.84 bits per heavy atom. The van der Waals surface area contributed by atoms with Crippen molar-refractivity contribution in [3.63, 3.8) is 0 Å². The van der Waals surface area contributed by atoms with E-state index in [0.717, 1.165) is 12.1 Å². The normalized spacial score (nSPS) is 13.4. The molecule has 0 saturated carbocycles. The first-order chi connectivity index (χ1) is 9.04. The maximum absolute atomic E-state index is 12.1. The summed E-state index contributed by atoms with van der Waals surface area (Å²) >= 11 is 0. The summed E-state index contributed by atoms with van der Waals surface area (Å²) in [5, 5.41) is 8.94. The van der Waals surface area contributed by atoms with E-state index in [-0.39, 0.29) is 5.91 Å². The fourth-order valence-corrected chi connectivity index (χ4v) is 1.94. The molecule has 2 atom stereocenters. The van der Waals surface area contributed by atoms with Gasteiger partial charge in [0.15, 0.2) is 0 Å². The van der Waals surface area contributed by atoms with Gasteiger partial charge in [-0.3, -0.25) is 4.79 Å². The molecule has 3 heteroatoms. The van der Waals surface area contributed by atoms with Crippen LogP contribution in [0.1, 0.15) is 45.1 Å². The first-order valence-corrected chi connectivity index (χ1v) is 6.82. The van der Waals surface area contributed by atoms with Crippen LogP contribution in [0.25, 0.3) is 0 Å². The lowest BCUT2D eigenvalue weighted by Crippen LogP contribution is -2.31. The van der Waals surface area contributed by atoms with Crippen LogP contribution in [0.2, 0.25) is 0 Å². The molecule has 1 aromatic rings. The molecule has 0 fully saturated rings. The molecule has 1 amide bonds. The van der Waals surface area contributed by atoms with E-state index in [1.807, 2.05) is 25.1 Å². The molecule has 0 spiro atoms. The molecule has 2 unspecified atom stereocenters. The summed E-state index contributed by atoms with van der Waals surface area (Å²) < 4.78 is 0. The second-order valence-corrected chi connectivity index (χ2v) is 4.89. The minimum Gasteiger partial charge on any atom is -0.314 e. The first-order valence-electron chi connectivity index (χ1n) is 6.82. The second-order valence-electron chi connectivity index (χ2n) is 4.89. The Hall–Kier alpha value is -1.82. The van der Waals surface area contributed by atoms with E-state index in [1.165, 1.54) is 5.56 Å². The van der Waals surface area contributed by atoms with Crippen LogP contribution in [0.15, 0.2) is 24.3 Å². The minimum absolute atomic E-state index is 0.138. The third-order valence-corrected chi connectivity index (χ3v) is 3.65. The van der Waals surface area contributed by atoms with Crippen molar-refractivity contribution in [2.75, 3.05) is 11.9 Å². The van der Waals surface area contributed by atoms with Gasteiger partial charge in [0, 0.05) is 12.7 Å². The Bertz CT molecular complexity index is 459. The highest BCUT2D eigenvalue weighted by atomic mass is 16.2. The van der Waals surface area contributed by atoms with Crippen molar-refractivity contribution >= 4 is 11.6 Å². The molecule has 0 aromatic heterocycles. The van der Waals surface area contributed by atoms with Gasteiger partial charge >= 0.3 is 0 Å². The van der Waals surface area contributed by atoms with E-state index >= 15 is 0 Å². The van der Waals surface area contributed by atoms with Crippen molar-refractivity contribution < 1.29 is 4.79 Å². The van der Waals surface area contributed by atoms with Crippen molar-refractivity contribution in [1.82, 2.24) is 0 Å². The zero-order chi connectivity index (χ0) is 14.4. The average Bonchev–Trinajstić information content (AvgIpc) is 2.47. The smallest absolute Gasteiger partial charge is 0.244 e. The maximum atomic E-state index is 12.1. The van der Waals surface area contributed by atoms with Crippen LogP contribution in [0.4, 0.5) is 5.69 Å². The summed E-state index contributed by atoms with van der Waals surface area (Å²) in [4.78, 5) is 13.7. The fourth-order valence-electron chi connectivity index (χ4n) is 1.94. The lowest BCUT2D eigenvalue weighted by molar-refractivity contribution is -0.120. The van der Waals surface area contributed by atoms with E-state index < -0.39 is 5.92 Å². The predicted octanol–water partition coefficient (Wildman–Crippen LogP) is 3.71. The van der Waals surface area contributed by atoms with Crippen molar-refractivity contribution in [1.29, 1.82) is 5.26 Å². The van der Waals surface area contributed by atoms with Crippen molar-refractivity contribution in [3.05, 3.63) is 29.8 Å². The summed E-state index contributed by atoms with van der Waals surface area (Å²) in [7, 11) is 1.72. The molecule has 0 N–H and O–H groups in total. The van der Waals surface area contributed by atoms with Gasteiger partial charge in [-0.15, -0.1) is 0 Å². The van der Waals surface area contributed by atoms with E-state index in [4.69, 9.17) is 5.26 Å². The van der Waals surface area contributed by atoms with Crippen LogP contribution in [0.3, 0.4) is 0 Å². The predicted molar refractivity (Wildman–Crippen MR) is 78.0 cm³/mol. The monoisotopic (exact) mass is 258 g/mol. The maximum Gasteiger partial charge on any atom is 0.244 e. The van der Waals surface area contributed by atoms with Crippen molar-refractivity contribution in [2.24, 2.45) is 5.92 Å². The number of anilines is 1. The molecule has 102 valence electrons. The Labute approximate surface area is 115 Å². The van der Waals surface area contributed by atoms with Gasteiger partial charge in [-0.25, -0.2) is 0 Å². The van der Waals surface area contributed by atoms with Gasteiger partial charge in [-0.05, 0) is 36.5 Å². The lowest BCUT2D eigenvalue weighted by atomic mass is 9.98. The Morgan fingerprint density at radius 3 is 2.26 bits per heavy atom. The highest BCUT2D eigenvalue weighted by molar-refractivity contribution is 5.95. The molecule has 0 radical (unpaired) electrons. The van der Waals surface area contributed by atoms with E-state index in [1.54, 1.807) is 11.9 Å². The van der Waals surface area contributed by atoms with Gasteiger partial charge in [-0.2, -0.15) is 5.26 Å². The van der Waals surface area contributed by atoms with Gasteiger partial charge in [0.05, 0.1) is 6.07 Å². The standard InChI is InChI=1S/C16H22N2O/c1-5-12(3)14-7-9-15(10-8-14)18(4)16(19)13(6-2)11-17/h7-10,12-13H,5-6H2,1-4H3. The molecule has 0 aliphatic carbocycles. The van der Waals surface area contributed by atoms with E-state index in [0.29, 0.717) is 12.3 Å². The number of nitriles is 1. The van der Waals surface area contributed by atoms with Gasteiger partial charge in [0.1, 0.15) is 5.92 Å². The Kier molecular flexibility index (Phi) is 5.57. The summed E-state index contributed by atoms with van der Waals surface area (Å²) in [5.41, 5.74) is 2.12. The van der Waals surface area contributed by atoms with Crippen LogP contribution in [0, 0.1) is 17.2 Å². The number of carbonyl (C=O) groups is 1. The van der Waals surface area contributed by atoms with Crippen LogP contribution < -0.4 is 4.90 Å². The fraction of sp³-hybridized carbons (Fsp3) is 0.500. The largest absolute Gasteiger partial charge is 0.314 e. The van der Waals surface area contributed by atoms with Gasteiger partial charge in [0.2, 0.25) is 5.91 Å². The molecule has 0 aliphatic rings. The Morgan fingerprint density at radius 1 is 1.26 bits per heavy atom. The molecule has 0 aliphatic heterocycles. The molecular formula is C16H22N2O. The number of benzene rings is 1. The van der Waals surface area contributed by atoms with Crippen molar-refractivity contribution in [2.45, 2.75) is 39.5 Å². The topological polar surface area (TPSA) is 44.1 Å². The molecule has 1 rings (SSSR count). The summed E-state index contributed by atoms with van der Waals surface area (Å²) in [5.74, 6) is -0.168. The van der Waals surface area contributed by atoms with Gasteiger partial charge in [-0.1, -0.05) is 32.9 Å². The summed E-state index contributed by atoms with van der Waals surface area (Å²) in [6, 6.07) is 10.1. The number of hydrogen-bond donors (Lipinski definition) is 0. The summed E-state index contributed by atoms with van der Waals surface area (Å²) in [6.45, 7) is 6.20. The molecule has 0 bridgehead atoms. The van der Waals surface area contributed by atoms with Crippen LogP contribution in [-0.4, -0.2) is 13.0 Å². The molecule has 3 nitrogen and oxygen atoms in total. The highest BCUT2D eigenvalue weighted by Crippen LogP contribution is 2.23. The summed E-state index contributed by atoms with van der Waals surface area (Å²) in [6.07, 6.45) is 1.64. The SMILES string of the molecule is CCC(C#N)C(=O)N(C)c1ccc(C(C)CC)cc1. The Balaban J connectivity index is 2.86.